The first-order valence-corrected chi connectivity index (χ1v) is 6.41. The summed E-state index contributed by atoms with van der Waals surface area (Å²) in [6.45, 7) is 0. The van der Waals surface area contributed by atoms with Crippen LogP contribution in [0.2, 0.25) is 0 Å². The standard InChI is InChI=1S/C14H13FN2O3/c15-9-4-1-3-8(7-9)11-12(18)16-14(20)17(13(11)19)10-5-2-6-10/h1,3-4,7,10,19H,2,5-6H2,(H,16,18,20). The first-order chi connectivity index (χ1) is 9.58. The van der Waals surface area contributed by atoms with Crippen molar-refractivity contribution in [1.29, 1.82) is 0 Å². The number of aromatic nitrogens is 2. The molecule has 0 saturated heterocycles. The molecule has 3 rings (SSSR count). The van der Waals surface area contributed by atoms with Gasteiger partial charge in [-0.1, -0.05) is 12.1 Å². The van der Waals surface area contributed by atoms with Crippen LogP contribution >= 0.6 is 0 Å². The number of nitrogens with zero attached hydrogens (tertiary/aromatic N) is 1. The van der Waals surface area contributed by atoms with Gasteiger partial charge in [-0.15, -0.1) is 0 Å². The molecular formula is C14H13FN2O3. The molecule has 20 heavy (non-hydrogen) atoms. The van der Waals surface area contributed by atoms with Gasteiger partial charge in [0.05, 0.1) is 0 Å². The van der Waals surface area contributed by atoms with Crippen LogP contribution in [-0.4, -0.2) is 14.7 Å². The van der Waals surface area contributed by atoms with E-state index in [0.29, 0.717) is 0 Å². The van der Waals surface area contributed by atoms with E-state index < -0.39 is 22.9 Å². The number of hydrogen-bond donors (Lipinski definition) is 2. The normalized spacial score (nSPS) is 15.1. The number of nitrogens with one attached hydrogen (secondary N) is 1. The predicted octanol–water partition coefficient (Wildman–Crippen LogP) is 1.77. The van der Waals surface area contributed by atoms with Gasteiger partial charge in [0.25, 0.3) is 5.56 Å². The summed E-state index contributed by atoms with van der Waals surface area (Å²) in [5.41, 5.74) is -1.17. The molecule has 1 heterocycles. The van der Waals surface area contributed by atoms with E-state index in [1.807, 2.05) is 0 Å². The molecule has 1 aromatic heterocycles. The lowest BCUT2D eigenvalue weighted by atomic mass is 9.92. The SMILES string of the molecule is O=c1[nH]c(=O)n(C2CCC2)c(O)c1-c1cccc(F)c1. The van der Waals surface area contributed by atoms with E-state index in [2.05, 4.69) is 4.98 Å². The third-order valence-corrected chi connectivity index (χ3v) is 3.67. The van der Waals surface area contributed by atoms with E-state index in [-0.39, 0.29) is 17.2 Å². The Morgan fingerprint density at radius 3 is 2.65 bits per heavy atom. The summed E-state index contributed by atoms with van der Waals surface area (Å²) in [6, 6.07) is 5.26. The maximum Gasteiger partial charge on any atom is 0.331 e. The Balaban J connectivity index is 2.25. The summed E-state index contributed by atoms with van der Waals surface area (Å²) in [6.07, 6.45) is 2.54. The minimum atomic E-state index is -0.714. The van der Waals surface area contributed by atoms with Crippen LogP contribution in [0.25, 0.3) is 11.1 Å². The van der Waals surface area contributed by atoms with Crippen molar-refractivity contribution in [3.8, 4) is 17.0 Å². The molecule has 0 unspecified atom stereocenters. The Kier molecular flexibility index (Phi) is 2.93. The Morgan fingerprint density at radius 2 is 2.05 bits per heavy atom. The molecule has 5 nitrogen and oxygen atoms in total. The average Bonchev–Trinajstić information content (AvgIpc) is 2.32. The highest BCUT2D eigenvalue weighted by Gasteiger charge is 2.26. The second-order valence-corrected chi connectivity index (χ2v) is 4.92. The van der Waals surface area contributed by atoms with Crippen LogP contribution in [0.15, 0.2) is 33.9 Å². The zero-order valence-electron chi connectivity index (χ0n) is 10.6. The summed E-state index contributed by atoms with van der Waals surface area (Å²) in [5.74, 6) is -0.906. The highest BCUT2D eigenvalue weighted by Crippen LogP contribution is 2.35. The minimum Gasteiger partial charge on any atom is -0.494 e. The average molecular weight is 276 g/mol. The van der Waals surface area contributed by atoms with Crippen molar-refractivity contribution < 1.29 is 9.50 Å². The summed E-state index contributed by atoms with van der Waals surface area (Å²) in [7, 11) is 0. The van der Waals surface area contributed by atoms with Crippen LogP contribution in [0.4, 0.5) is 4.39 Å². The largest absolute Gasteiger partial charge is 0.494 e. The number of hydrogen-bond acceptors (Lipinski definition) is 3. The van der Waals surface area contributed by atoms with Gasteiger partial charge >= 0.3 is 5.69 Å². The van der Waals surface area contributed by atoms with Crippen molar-refractivity contribution in [3.05, 3.63) is 50.9 Å². The van der Waals surface area contributed by atoms with Crippen molar-refractivity contribution in [2.45, 2.75) is 25.3 Å². The molecule has 2 aromatic rings. The molecule has 0 bridgehead atoms. The Morgan fingerprint density at radius 1 is 1.30 bits per heavy atom. The molecule has 0 amide bonds. The van der Waals surface area contributed by atoms with Gasteiger partial charge in [0.2, 0.25) is 5.88 Å². The zero-order valence-corrected chi connectivity index (χ0v) is 10.6. The Labute approximate surface area is 113 Å². The molecule has 1 saturated carbocycles. The molecule has 6 heteroatoms. The van der Waals surface area contributed by atoms with E-state index in [1.54, 1.807) is 0 Å². The fraction of sp³-hybridized carbons (Fsp3) is 0.286. The van der Waals surface area contributed by atoms with Gasteiger partial charge in [0, 0.05) is 6.04 Å². The number of aromatic amines is 1. The van der Waals surface area contributed by atoms with E-state index in [4.69, 9.17) is 0 Å². The van der Waals surface area contributed by atoms with Crippen molar-refractivity contribution in [3.63, 3.8) is 0 Å². The van der Waals surface area contributed by atoms with Gasteiger partial charge < -0.3 is 5.11 Å². The Hall–Kier alpha value is -2.37. The van der Waals surface area contributed by atoms with Crippen molar-refractivity contribution >= 4 is 0 Å². The predicted molar refractivity (Wildman–Crippen MR) is 71.3 cm³/mol. The van der Waals surface area contributed by atoms with Gasteiger partial charge in [0.15, 0.2) is 0 Å². The van der Waals surface area contributed by atoms with E-state index >= 15 is 0 Å². The smallest absolute Gasteiger partial charge is 0.331 e. The molecule has 104 valence electrons. The number of halogens is 1. The lowest BCUT2D eigenvalue weighted by Crippen LogP contribution is -2.35. The van der Waals surface area contributed by atoms with Gasteiger partial charge in [0.1, 0.15) is 11.4 Å². The van der Waals surface area contributed by atoms with Crippen molar-refractivity contribution in [1.82, 2.24) is 9.55 Å². The Bertz CT molecular complexity index is 775. The first-order valence-electron chi connectivity index (χ1n) is 6.41. The number of rotatable bonds is 2. The van der Waals surface area contributed by atoms with Crippen LogP contribution in [0.3, 0.4) is 0 Å². The van der Waals surface area contributed by atoms with Gasteiger partial charge in [-0.25, -0.2) is 9.18 Å². The molecule has 1 aliphatic rings. The third-order valence-electron chi connectivity index (χ3n) is 3.67. The lowest BCUT2D eigenvalue weighted by Gasteiger charge is -2.28. The van der Waals surface area contributed by atoms with E-state index in [9.17, 15) is 19.1 Å². The highest BCUT2D eigenvalue weighted by molar-refractivity contribution is 5.67. The van der Waals surface area contributed by atoms with E-state index in [1.165, 1.54) is 22.8 Å². The monoisotopic (exact) mass is 276 g/mol. The molecular weight excluding hydrogens is 263 g/mol. The van der Waals surface area contributed by atoms with E-state index in [0.717, 1.165) is 25.3 Å². The van der Waals surface area contributed by atoms with Crippen LogP contribution in [0.1, 0.15) is 25.3 Å². The molecule has 0 spiro atoms. The molecule has 0 aliphatic heterocycles. The van der Waals surface area contributed by atoms with Crippen LogP contribution in [-0.2, 0) is 0 Å². The molecule has 2 N–H and O–H groups in total. The summed E-state index contributed by atoms with van der Waals surface area (Å²) >= 11 is 0. The van der Waals surface area contributed by atoms with Crippen molar-refractivity contribution in [2.24, 2.45) is 0 Å². The minimum absolute atomic E-state index is 0.0731. The molecule has 1 aliphatic carbocycles. The van der Waals surface area contributed by atoms with Gasteiger partial charge in [-0.05, 0) is 37.0 Å². The highest BCUT2D eigenvalue weighted by atomic mass is 19.1. The zero-order chi connectivity index (χ0) is 14.3. The fourth-order valence-electron chi connectivity index (χ4n) is 2.43. The van der Waals surface area contributed by atoms with Crippen LogP contribution in [0, 0.1) is 5.82 Å². The fourth-order valence-corrected chi connectivity index (χ4v) is 2.43. The van der Waals surface area contributed by atoms with Gasteiger partial charge in [-0.2, -0.15) is 0 Å². The molecule has 0 radical (unpaired) electrons. The number of aromatic hydroxyl groups is 1. The summed E-state index contributed by atoms with van der Waals surface area (Å²) in [4.78, 5) is 25.9. The second-order valence-electron chi connectivity index (χ2n) is 4.92. The third kappa shape index (κ3) is 1.93. The van der Waals surface area contributed by atoms with Crippen LogP contribution < -0.4 is 11.2 Å². The molecule has 1 aromatic carbocycles. The topological polar surface area (TPSA) is 75.1 Å². The summed E-state index contributed by atoms with van der Waals surface area (Å²) in [5, 5.41) is 10.3. The second kappa shape index (κ2) is 4.63. The van der Waals surface area contributed by atoms with Crippen molar-refractivity contribution in [2.75, 3.05) is 0 Å². The maximum atomic E-state index is 13.3. The first kappa shape index (κ1) is 12.7. The number of benzene rings is 1. The molecule has 1 fully saturated rings. The quantitative estimate of drug-likeness (QED) is 0.877. The molecule has 0 atom stereocenters. The van der Waals surface area contributed by atoms with Crippen LogP contribution in [0.5, 0.6) is 5.88 Å². The lowest BCUT2D eigenvalue weighted by molar-refractivity contribution is 0.267. The summed E-state index contributed by atoms with van der Waals surface area (Å²) < 4.78 is 14.5. The van der Waals surface area contributed by atoms with Gasteiger partial charge in [-0.3, -0.25) is 14.3 Å². The maximum absolute atomic E-state index is 13.3. The number of H-pyrrole nitrogens is 1.